The van der Waals surface area contributed by atoms with Crippen LogP contribution in [-0.2, 0) is 26.0 Å². The van der Waals surface area contributed by atoms with E-state index in [2.05, 4.69) is 0 Å². The first-order valence-electron chi connectivity index (χ1n) is 9.17. The van der Waals surface area contributed by atoms with Gasteiger partial charge in [0.05, 0.1) is 11.5 Å². The Hall–Kier alpha value is -2.13. The molecule has 27 heavy (non-hydrogen) atoms. The third kappa shape index (κ3) is 3.93. The van der Waals surface area contributed by atoms with E-state index >= 15 is 0 Å². The number of ether oxygens (including phenoxy) is 1. The molecule has 0 aliphatic carbocycles. The van der Waals surface area contributed by atoms with Gasteiger partial charge in [0.15, 0.2) is 0 Å². The first-order valence-corrected chi connectivity index (χ1v) is 10.6. The molecule has 2 heterocycles. The molecule has 0 N–H and O–H groups in total. The molecular weight excluding hydrogens is 370 g/mol. The zero-order valence-electron chi connectivity index (χ0n) is 15.7. The number of rotatable bonds is 3. The largest absolute Gasteiger partial charge is 0.450 e. The molecular formula is C18H25N3O5S. The summed E-state index contributed by atoms with van der Waals surface area (Å²) < 4.78 is 32.4. The number of hydrogen-bond donors (Lipinski definition) is 0. The van der Waals surface area contributed by atoms with Gasteiger partial charge in [0.2, 0.25) is 15.9 Å². The average Bonchev–Trinajstić information content (AvgIpc) is 2.67. The van der Waals surface area contributed by atoms with Crippen molar-refractivity contribution in [2.45, 2.75) is 31.6 Å². The molecule has 0 radical (unpaired) electrons. The van der Waals surface area contributed by atoms with E-state index in [4.69, 9.17) is 4.74 Å². The van der Waals surface area contributed by atoms with E-state index in [0.29, 0.717) is 26.2 Å². The second-order valence-electron chi connectivity index (χ2n) is 6.65. The molecule has 0 bridgehead atoms. The number of aryl methyl sites for hydroxylation is 1. The highest BCUT2D eigenvalue weighted by molar-refractivity contribution is 7.89. The van der Waals surface area contributed by atoms with Crippen LogP contribution in [0.4, 0.5) is 10.5 Å². The molecule has 1 fully saturated rings. The Morgan fingerprint density at radius 3 is 2.44 bits per heavy atom. The van der Waals surface area contributed by atoms with Crippen molar-refractivity contribution in [3.63, 3.8) is 0 Å². The average molecular weight is 395 g/mol. The van der Waals surface area contributed by atoms with E-state index in [1.165, 1.54) is 16.1 Å². The number of fused-ring (bicyclic) bond motifs is 1. The van der Waals surface area contributed by atoms with Crippen molar-refractivity contribution < 1.29 is 22.7 Å². The Morgan fingerprint density at radius 2 is 1.81 bits per heavy atom. The molecule has 148 valence electrons. The number of carbonyl (C=O) groups excluding carboxylic acids is 2. The smallest absolute Gasteiger partial charge is 0.409 e. The first-order chi connectivity index (χ1) is 12.8. The van der Waals surface area contributed by atoms with Crippen LogP contribution in [0.15, 0.2) is 23.1 Å². The second kappa shape index (κ2) is 7.85. The van der Waals surface area contributed by atoms with Crippen molar-refractivity contribution in [2.24, 2.45) is 0 Å². The summed E-state index contributed by atoms with van der Waals surface area (Å²) in [5.41, 5.74) is 1.67. The molecule has 0 saturated carbocycles. The maximum Gasteiger partial charge on any atom is 0.409 e. The molecule has 9 heteroatoms. The normalized spacial score (nSPS) is 18.1. The van der Waals surface area contributed by atoms with E-state index in [0.717, 1.165) is 24.1 Å². The number of piperazine rings is 1. The van der Waals surface area contributed by atoms with Crippen LogP contribution in [0.5, 0.6) is 0 Å². The van der Waals surface area contributed by atoms with E-state index < -0.39 is 16.1 Å². The number of anilines is 1. The molecule has 1 aromatic carbocycles. The number of nitrogens with zero attached hydrogens (tertiary/aromatic N) is 3. The van der Waals surface area contributed by atoms with E-state index in [9.17, 15) is 18.0 Å². The van der Waals surface area contributed by atoms with Crippen molar-refractivity contribution in [3.8, 4) is 0 Å². The summed E-state index contributed by atoms with van der Waals surface area (Å²) in [5, 5.41) is 0. The summed E-state index contributed by atoms with van der Waals surface area (Å²) in [6, 6.07) is 4.96. The monoisotopic (exact) mass is 395 g/mol. The number of carbonyl (C=O) groups is 2. The fourth-order valence-electron chi connectivity index (χ4n) is 3.54. The Morgan fingerprint density at radius 1 is 1.11 bits per heavy atom. The number of amides is 2. The Labute approximate surface area is 159 Å². The predicted octanol–water partition coefficient (Wildman–Crippen LogP) is 1.45. The highest BCUT2D eigenvalue weighted by atomic mass is 32.2. The lowest BCUT2D eigenvalue weighted by Crippen LogP contribution is -2.50. The van der Waals surface area contributed by atoms with Crippen LogP contribution >= 0.6 is 0 Å². The summed E-state index contributed by atoms with van der Waals surface area (Å²) in [4.78, 5) is 27.0. The highest BCUT2D eigenvalue weighted by Gasteiger charge is 2.31. The van der Waals surface area contributed by atoms with Gasteiger partial charge in [-0.3, -0.25) is 4.79 Å². The van der Waals surface area contributed by atoms with Crippen molar-refractivity contribution in [1.82, 2.24) is 9.21 Å². The maximum atomic E-state index is 13.0. The summed E-state index contributed by atoms with van der Waals surface area (Å²) in [5.74, 6) is -0.0401. The molecule has 2 aliphatic rings. The predicted molar refractivity (Wildman–Crippen MR) is 100 cm³/mol. The van der Waals surface area contributed by atoms with Gasteiger partial charge in [-0.25, -0.2) is 13.2 Å². The van der Waals surface area contributed by atoms with Crippen LogP contribution < -0.4 is 4.90 Å². The minimum absolute atomic E-state index is 0.0401. The molecule has 3 rings (SSSR count). The maximum absolute atomic E-state index is 13.0. The fourth-order valence-corrected chi connectivity index (χ4v) is 5.01. The van der Waals surface area contributed by atoms with Gasteiger partial charge >= 0.3 is 6.09 Å². The molecule has 0 unspecified atom stereocenters. The van der Waals surface area contributed by atoms with E-state index in [-0.39, 0.29) is 23.9 Å². The summed E-state index contributed by atoms with van der Waals surface area (Å²) in [7, 11) is -3.64. The number of sulfonamides is 1. The zero-order chi connectivity index (χ0) is 19.6. The summed E-state index contributed by atoms with van der Waals surface area (Å²) >= 11 is 0. The summed E-state index contributed by atoms with van der Waals surface area (Å²) in [6.45, 7) is 5.29. The standard InChI is InChI=1S/C18H25N3O5S/c1-3-26-18(23)19-9-11-20(12-10-19)27(24,25)16-6-7-17-15(13-16)5-4-8-21(17)14(2)22/h6-7,13H,3-5,8-12H2,1-2H3. The van der Waals surface area contributed by atoms with Gasteiger partial charge in [-0.1, -0.05) is 0 Å². The Kier molecular flexibility index (Phi) is 5.71. The third-order valence-corrected chi connectivity index (χ3v) is 6.85. The lowest BCUT2D eigenvalue weighted by atomic mass is 10.0. The number of benzene rings is 1. The molecule has 2 aliphatic heterocycles. The molecule has 0 spiro atoms. The van der Waals surface area contributed by atoms with Crippen molar-refractivity contribution in [3.05, 3.63) is 23.8 Å². The molecule has 1 aromatic rings. The van der Waals surface area contributed by atoms with Crippen LogP contribution in [-0.4, -0.2) is 69.0 Å². The van der Waals surface area contributed by atoms with Gasteiger partial charge in [0.25, 0.3) is 0 Å². The second-order valence-corrected chi connectivity index (χ2v) is 8.59. The van der Waals surface area contributed by atoms with Crippen LogP contribution in [0.3, 0.4) is 0 Å². The van der Waals surface area contributed by atoms with E-state index in [1.807, 2.05) is 0 Å². The van der Waals surface area contributed by atoms with Gasteiger partial charge in [-0.05, 0) is 43.5 Å². The van der Waals surface area contributed by atoms with Crippen molar-refractivity contribution in [2.75, 3.05) is 44.2 Å². The summed E-state index contributed by atoms with van der Waals surface area (Å²) in [6.07, 6.45) is 1.15. The number of hydrogen-bond acceptors (Lipinski definition) is 5. The molecule has 0 atom stereocenters. The lowest BCUT2D eigenvalue weighted by molar-refractivity contribution is -0.116. The van der Waals surface area contributed by atoms with Crippen LogP contribution in [0.25, 0.3) is 0 Å². The van der Waals surface area contributed by atoms with Gasteiger partial charge in [-0.15, -0.1) is 0 Å². The molecule has 2 amide bonds. The Balaban J connectivity index is 1.76. The van der Waals surface area contributed by atoms with Gasteiger partial charge in [0, 0.05) is 45.3 Å². The third-order valence-electron chi connectivity index (χ3n) is 4.95. The van der Waals surface area contributed by atoms with Crippen LogP contribution in [0.1, 0.15) is 25.8 Å². The topological polar surface area (TPSA) is 87.2 Å². The van der Waals surface area contributed by atoms with Gasteiger partial charge < -0.3 is 14.5 Å². The van der Waals surface area contributed by atoms with Crippen LogP contribution in [0.2, 0.25) is 0 Å². The molecule has 0 aromatic heterocycles. The SMILES string of the molecule is CCOC(=O)N1CCN(S(=O)(=O)c2ccc3c(c2)CCCN3C(C)=O)CC1. The fraction of sp³-hybridized carbons (Fsp3) is 0.556. The van der Waals surface area contributed by atoms with E-state index in [1.54, 1.807) is 30.0 Å². The zero-order valence-corrected chi connectivity index (χ0v) is 16.5. The van der Waals surface area contributed by atoms with Crippen molar-refractivity contribution in [1.29, 1.82) is 0 Å². The minimum Gasteiger partial charge on any atom is -0.450 e. The quantitative estimate of drug-likeness (QED) is 0.773. The van der Waals surface area contributed by atoms with Gasteiger partial charge in [-0.2, -0.15) is 4.31 Å². The Bertz CT molecular complexity index is 831. The minimum atomic E-state index is -3.64. The molecule has 8 nitrogen and oxygen atoms in total. The lowest BCUT2D eigenvalue weighted by Gasteiger charge is -2.34. The van der Waals surface area contributed by atoms with Gasteiger partial charge in [0.1, 0.15) is 0 Å². The van der Waals surface area contributed by atoms with Crippen molar-refractivity contribution >= 4 is 27.7 Å². The first kappa shape index (κ1) is 19.6. The molecule has 1 saturated heterocycles. The highest BCUT2D eigenvalue weighted by Crippen LogP contribution is 2.30. The van der Waals surface area contributed by atoms with Crippen LogP contribution in [0, 0.1) is 0 Å².